The molecule has 2 heterocycles. The molecule has 18 heavy (non-hydrogen) atoms. The maximum Gasteiger partial charge on any atom is 0.245 e. The Kier molecular flexibility index (Phi) is 7.86. The van der Waals surface area contributed by atoms with Crippen molar-refractivity contribution in [2.75, 3.05) is 25.1 Å². The molecule has 5 nitrogen and oxygen atoms in total. The third kappa shape index (κ3) is 4.78. The Bertz CT molecular complexity index is 367. The van der Waals surface area contributed by atoms with Crippen molar-refractivity contribution in [3.8, 4) is 0 Å². The smallest absolute Gasteiger partial charge is 0.245 e. The number of ether oxygens (including phenoxy) is 1. The van der Waals surface area contributed by atoms with Crippen LogP contribution in [-0.4, -0.2) is 36.7 Å². The highest BCUT2D eigenvalue weighted by Gasteiger charge is 2.21. The largest absolute Gasteiger partial charge is 0.378 e. The molecule has 1 aliphatic rings. The fraction of sp³-hybridized carbons (Fsp3) is 0.455. The molecule has 0 spiro atoms. The first kappa shape index (κ1) is 17.1. The van der Waals surface area contributed by atoms with Crippen LogP contribution in [0.4, 0.5) is 5.82 Å². The lowest BCUT2D eigenvalue weighted by Crippen LogP contribution is -2.48. The number of halogens is 2. The predicted molar refractivity (Wildman–Crippen MR) is 74.7 cm³/mol. The molecule has 2 N–H and O–H groups in total. The normalized spacial score (nSPS) is 18.2. The molecule has 1 aliphatic heterocycles. The number of pyridine rings is 1. The summed E-state index contributed by atoms with van der Waals surface area (Å²) in [5.41, 5.74) is 1.07. The zero-order valence-electron chi connectivity index (χ0n) is 10.0. The van der Waals surface area contributed by atoms with Crippen LogP contribution in [0, 0.1) is 6.92 Å². The lowest BCUT2D eigenvalue weighted by atomic mass is 10.2. The van der Waals surface area contributed by atoms with Crippen molar-refractivity contribution in [1.82, 2.24) is 10.3 Å². The third-order valence-electron chi connectivity index (χ3n) is 2.40. The first-order valence-corrected chi connectivity index (χ1v) is 5.30. The summed E-state index contributed by atoms with van der Waals surface area (Å²) in [6.45, 7) is 3.73. The van der Waals surface area contributed by atoms with Crippen molar-refractivity contribution in [2.45, 2.75) is 13.0 Å². The van der Waals surface area contributed by atoms with Gasteiger partial charge >= 0.3 is 0 Å². The Balaban J connectivity index is 0.00000144. The van der Waals surface area contributed by atoms with Crippen molar-refractivity contribution in [3.05, 3.63) is 23.9 Å². The summed E-state index contributed by atoms with van der Waals surface area (Å²) < 4.78 is 5.22. The predicted octanol–water partition coefficient (Wildman–Crippen LogP) is 1.16. The molecule has 0 aliphatic carbocycles. The van der Waals surface area contributed by atoms with Gasteiger partial charge in [0, 0.05) is 12.7 Å². The average Bonchev–Trinajstić information content (AvgIpc) is 2.33. The second kappa shape index (κ2) is 8.26. The Morgan fingerprint density at radius 3 is 2.83 bits per heavy atom. The molecule has 1 fully saturated rings. The van der Waals surface area contributed by atoms with Gasteiger partial charge < -0.3 is 15.4 Å². The summed E-state index contributed by atoms with van der Waals surface area (Å²) in [4.78, 5) is 15.9. The van der Waals surface area contributed by atoms with Gasteiger partial charge in [-0.2, -0.15) is 0 Å². The summed E-state index contributed by atoms with van der Waals surface area (Å²) in [6.07, 6.45) is 1.72. The van der Waals surface area contributed by atoms with E-state index in [9.17, 15) is 4.79 Å². The molecule has 1 saturated heterocycles. The molecular formula is C11H17Cl2N3O2. The van der Waals surface area contributed by atoms with Crippen LogP contribution >= 0.6 is 24.8 Å². The van der Waals surface area contributed by atoms with Crippen molar-refractivity contribution in [3.63, 3.8) is 0 Å². The SMILES string of the molecule is Cc1ccc(NC(=O)C2COCCN2)nc1.Cl.Cl. The van der Waals surface area contributed by atoms with E-state index in [0.29, 0.717) is 25.6 Å². The Hall–Kier alpha value is -0.880. The number of morpholine rings is 1. The van der Waals surface area contributed by atoms with E-state index < -0.39 is 0 Å². The zero-order valence-corrected chi connectivity index (χ0v) is 11.6. The van der Waals surface area contributed by atoms with E-state index in [1.807, 2.05) is 13.0 Å². The molecule has 1 atom stereocenters. The van der Waals surface area contributed by atoms with E-state index in [4.69, 9.17) is 4.74 Å². The van der Waals surface area contributed by atoms with Gasteiger partial charge in [0.15, 0.2) is 0 Å². The summed E-state index contributed by atoms with van der Waals surface area (Å²) in [5, 5.41) is 5.83. The van der Waals surface area contributed by atoms with Gasteiger partial charge in [-0.15, -0.1) is 24.8 Å². The highest BCUT2D eigenvalue weighted by molar-refractivity contribution is 5.94. The number of hydrogen-bond acceptors (Lipinski definition) is 4. The molecule has 1 unspecified atom stereocenters. The van der Waals surface area contributed by atoms with Gasteiger partial charge in [-0.1, -0.05) is 6.07 Å². The number of amides is 1. The number of hydrogen-bond donors (Lipinski definition) is 2. The first-order valence-electron chi connectivity index (χ1n) is 5.30. The zero-order chi connectivity index (χ0) is 11.4. The molecule has 2 rings (SSSR count). The van der Waals surface area contributed by atoms with Crippen molar-refractivity contribution < 1.29 is 9.53 Å². The fourth-order valence-corrected chi connectivity index (χ4v) is 1.49. The van der Waals surface area contributed by atoms with Crippen molar-refractivity contribution >= 4 is 36.5 Å². The number of rotatable bonds is 2. The average molecular weight is 294 g/mol. The minimum absolute atomic E-state index is 0. The molecule has 0 radical (unpaired) electrons. The summed E-state index contributed by atoms with van der Waals surface area (Å²) in [5.74, 6) is 0.471. The number of carbonyl (C=O) groups excluding carboxylic acids is 1. The Morgan fingerprint density at radius 1 is 1.50 bits per heavy atom. The lowest BCUT2D eigenvalue weighted by molar-refractivity contribution is -0.120. The highest BCUT2D eigenvalue weighted by atomic mass is 35.5. The lowest BCUT2D eigenvalue weighted by Gasteiger charge is -2.22. The van der Waals surface area contributed by atoms with E-state index in [1.165, 1.54) is 0 Å². The summed E-state index contributed by atoms with van der Waals surface area (Å²) >= 11 is 0. The maximum absolute atomic E-state index is 11.8. The Labute approximate surface area is 119 Å². The molecule has 0 bridgehead atoms. The van der Waals surface area contributed by atoms with E-state index in [-0.39, 0.29) is 36.8 Å². The van der Waals surface area contributed by atoms with Gasteiger partial charge in [0.1, 0.15) is 11.9 Å². The number of nitrogens with one attached hydrogen (secondary N) is 2. The monoisotopic (exact) mass is 293 g/mol. The van der Waals surface area contributed by atoms with Gasteiger partial charge in [0.05, 0.1) is 13.2 Å². The standard InChI is InChI=1S/C11H15N3O2.2ClH/c1-8-2-3-10(13-6-8)14-11(15)9-7-16-5-4-12-9;;/h2-3,6,9,12H,4-5,7H2,1H3,(H,13,14,15);2*1H. The number of nitrogens with zero attached hydrogens (tertiary/aromatic N) is 1. The van der Waals surface area contributed by atoms with Crippen LogP contribution in [0.5, 0.6) is 0 Å². The molecule has 102 valence electrons. The van der Waals surface area contributed by atoms with Crippen LogP contribution in [0.3, 0.4) is 0 Å². The second-order valence-electron chi connectivity index (χ2n) is 3.79. The van der Waals surface area contributed by atoms with Crippen LogP contribution in [0.2, 0.25) is 0 Å². The van der Waals surface area contributed by atoms with Crippen LogP contribution in [0.1, 0.15) is 5.56 Å². The van der Waals surface area contributed by atoms with E-state index in [0.717, 1.165) is 5.56 Å². The molecule has 7 heteroatoms. The van der Waals surface area contributed by atoms with Gasteiger partial charge in [0.2, 0.25) is 5.91 Å². The molecular weight excluding hydrogens is 277 g/mol. The van der Waals surface area contributed by atoms with E-state index in [2.05, 4.69) is 15.6 Å². The van der Waals surface area contributed by atoms with Crippen molar-refractivity contribution in [2.24, 2.45) is 0 Å². The topological polar surface area (TPSA) is 63.2 Å². The van der Waals surface area contributed by atoms with Gasteiger partial charge in [0.25, 0.3) is 0 Å². The maximum atomic E-state index is 11.8. The van der Waals surface area contributed by atoms with E-state index >= 15 is 0 Å². The Morgan fingerprint density at radius 2 is 2.28 bits per heavy atom. The van der Waals surface area contributed by atoms with Crippen molar-refractivity contribution in [1.29, 1.82) is 0 Å². The van der Waals surface area contributed by atoms with Crippen LogP contribution in [0.15, 0.2) is 18.3 Å². The minimum atomic E-state index is -0.281. The third-order valence-corrected chi connectivity index (χ3v) is 2.40. The number of anilines is 1. The van der Waals surface area contributed by atoms with Gasteiger partial charge in [-0.25, -0.2) is 4.98 Å². The second-order valence-corrected chi connectivity index (χ2v) is 3.79. The highest BCUT2D eigenvalue weighted by Crippen LogP contribution is 2.05. The van der Waals surface area contributed by atoms with Crippen LogP contribution in [0.25, 0.3) is 0 Å². The molecule has 1 amide bonds. The molecule has 0 aromatic carbocycles. The van der Waals surface area contributed by atoms with Gasteiger partial charge in [-0.05, 0) is 18.6 Å². The number of aromatic nitrogens is 1. The molecule has 1 aromatic rings. The number of carbonyl (C=O) groups is 1. The number of aryl methyl sites for hydroxylation is 1. The first-order chi connectivity index (χ1) is 7.75. The summed E-state index contributed by atoms with van der Waals surface area (Å²) in [6, 6.07) is 3.42. The fourth-order valence-electron chi connectivity index (χ4n) is 1.49. The molecule has 0 saturated carbocycles. The minimum Gasteiger partial charge on any atom is -0.378 e. The quantitative estimate of drug-likeness (QED) is 0.859. The molecule has 1 aromatic heterocycles. The van der Waals surface area contributed by atoms with Gasteiger partial charge in [-0.3, -0.25) is 4.79 Å². The van der Waals surface area contributed by atoms with Crippen LogP contribution in [-0.2, 0) is 9.53 Å². The van der Waals surface area contributed by atoms with E-state index in [1.54, 1.807) is 12.3 Å². The van der Waals surface area contributed by atoms with Crippen LogP contribution < -0.4 is 10.6 Å². The summed E-state index contributed by atoms with van der Waals surface area (Å²) in [7, 11) is 0.